The van der Waals surface area contributed by atoms with Gasteiger partial charge in [0.2, 0.25) is 11.5 Å². The number of aliphatic hydroxyl groups is 2. The van der Waals surface area contributed by atoms with E-state index < -0.39 is 28.7 Å². The van der Waals surface area contributed by atoms with Gasteiger partial charge in [-0.15, -0.1) is 0 Å². The number of benzene rings is 2. The van der Waals surface area contributed by atoms with Crippen molar-refractivity contribution in [3.05, 3.63) is 35.4 Å². The van der Waals surface area contributed by atoms with E-state index in [0.717, 1.165) is 0 Å². The molecule has 0 amide bonds. The van der Waals surface area contributed by atoms with Gasteiger partial charge in [-0.05, 0) is 36.6 Å². The molecule has 8 heteroatoms. The number of hydrogen-bond acceptors (Lipinski definition) is 8. The maximum absolute atomic E-state index is 10.0. The normalized spacial score (nSPS) is 10.6. The van der Waals surface area contributed by atoms with Gasteiger partial charge < -0.3 is 30.6 Å². The quantitative estimate of drug-likeness (QED) is 0.249. The summed E-state index contributed by atoms with van der Waals surface area (Å²) in [6, 6.07) is 5.26. The van der Waals surface area contributed by atoms with Gasteiger partial charge in [-0.1, -0.05) is 6.07 Å². The molecule has 6 N–H and O–H groups in total. The molecule has 0 saturated carbocycles. The van der Waals surface area contributed by atoms with Crippen LogP contribution >= 0.6 is 0 Å². The first kappa shape index (κ1) is 17.5. The molecular formula is C16H18O8. The number of hydrogen-bond donors (Lipinski definition) is 6. The van der Waals surface area contributed by atoms with Gasteiger partial charge in [-0.2, -0.15) is 0 Å². The Kier molecular flexibility index (Phi) is 5.56. The van der Waals surface area contributed by atoms with Crippen LogP contribution in [0.25, 0.3) is 0 Å². The zero-order valence-electron chi connectivity index (χ0n) is 12.6. The summed E-state index contributed by atoms with van der Waals surface area (Å²) in [6.07, 6.45) is 0.354. The number of aromatic hydroxyl groups is 4. The van der Waals surface area contributed by atoms with E-state index in [0.29, 0.717) is 11.1 Å². The lowest BCUT2D eigenvalue weighted by atomic mass is 10.1. The van der Waals surface area contributed by atoms with Crippen LogP contribution in [0.15, 0.2) is 24.3 Å². The van der Waals surface area contributed by atoms with Crippen molar-refractivity contribution < 1.29 is 40.4 Å². The summed E-state index contributed by atoms with van der Waals surface area (Å²) in [4.78, 5) is 9.81. The zero-order valence-corrected chi connectivity index (χ0v) is 12.6. The molecule has 0 bridgehead atoms. The van der Waals surface area contributed by atoms with Crippen LogP contribution in [-0.4, -0.2) is 43.9 Å². The molecule has 0 heterocycles. The van der Waals surface area contributed by atoms with Gasteiger partial charge in [0.1, 0.15) is 0 Å². The summed E-state index contributed by atoms with van der Waals surface area (Å²) in [5, 5.41) is 57.0. The van der Waals surface area contributed by atoms with Crippen molar-refractivity contribution in [1.82, 2.24) is 0 Å². The van der Waals surface area contributed by atoms with Crippen molar-refractivity contribution in [2.45, 2.75) is 12.8 Å². The lowest BCUT2D eigenvalue weighted by Gasteiger charge is -2.13. The largest absolute Gasteiger partial charge is 0.504 e. The minimum absolute atomic E-state index is 0.139. The minimum atomic E-state index is -0.595. The maximum Gasteiger partial charge on any atom is 0.261 e. The molecule has 0 atom stereocenters. The summed E-state index contributed by atoms with van der Waals surface area (Å²) in [6.45, 7) is -0.383. The van der Waals surface area contributed by atoms with E-state index in [4.69, 9.17) is 20.0 Å². The first-order valence-electron chi connectivity index (χ1n) is 7.12. The second-order valence-electron chi connectivity index (χ2n) is 5.00. The predicted octanol–water partition coefficient (Wildman–Crippen LogP) is 0.951. The van der Waals surface area contributed by atoms with Crippen LogP contribution in [0, 0.1) is 0 Å². The molecule has 0 fully saturated rings. The summed E-state index contributed by atoms with van der Waals surface area (Å²) in [5.74, 6) is -2.55. The molecule has 8 nitrogen and oxygen atoms in total. The van der Waals surface area contributed by atoms with E-state index in [-0.39, 0.29) is 31.8 Å². The van der Waals surface area contributed by atoms with Crippen molar-refractivity contribution in [3.63, 3.8) is 0 Å². The molecule has 0 spiro atoms. The fourth-order valence-corrected chi connectivity index (χ4v) is 2.08. The topological polar surface area (TPSA) is 140 Å². The van der Waals surface area contributed by atoms with Crippen LogP contribution in [0.5, 0.6) is 34.5 Å². The molecule has 24 heavy (non-hydrogen) atoms. The molecule has 0 saturated heterocycles. The van der Waals surface area contributed by atoms with Crippen LogP contribution in [0.2, 0.25) is 0 Å². The van der Waals surface area contributed by atoms with E-state index in [9.17, 15) is 20.4 Å². The van der Waals surface area contributed by atoms with E-state index >= 15 is 0 Å². The Morgan fingerprint density at radius 1 is 0.750 bits per heavy atom. The smallest absolute Gasteiger partial charge is 0.261 e. The van der Waals surface area contributed by atoms with Crippen LogP contribution < -0.4 is 9.78 Å². The van der Waals surface area contributed by atoms with Gasteiger partial charge in [-0.3, -0.25) is 9.78 Å². The third kappa shape index (κ3) is 3.73. The SMILES string of the molecule is OCCc1cc(O)c(O)c(OOc2c(O)ccc(CCO)c2O)c1. The molecular weight excluding hydrogens is 320 g/mol. The van der Waals surface area contributed by atoms with Crippen molar-refractivity contribution in [3.8, 4) is 34.5 Å². The highest BCUT2D eigenvalue weighted by molar-refractivity contribution is 5.55. The first-order valence-corrected chi connectivity index (χ1v) is 7.12. The molecule has 130 valence electrons. The molecule has 0 unspecified atom stereocenters. The maximum atomic E-state index is 10.0. The Hall–Kier alpha value is -2.84. The lowest BCUT2D eigenvalue weighted by Crippen LogP contribution is -2.03. The molecule has 0 aromatic heterocycles. The number of aliphatic hydroxyl groups excluding tert-OH is 2. The number of rotatable bonds is 7. The first-order chi connectivity index (χ1) is 11.5. The lowest BCUT2D eigenvalue weighted by molar-refractivity contribution is -0.105. The summed E-state index contributed by atoms with van der Waals surface area (Å²) in [7, 11) is 0. The highest BCUT2D eigenvalue weighted by atomic mass is 17.2. The standard InChI is InChI=1S/C16H18O8/c17-5-3-9-7-12(20)15(22)13(8-9)23-24-16-11(19)2-1-10(4-6-18)14(16)21/h1-2,7-8,17-22H,3-6H2. The van der Waals surface area contributed by atoms with Crippen LogP contribution in [0.1, 0.15) is 11.1 Å². The Labute approximate surface area is 137 Å². The fraction of sp³-hybridized carbons (Fsp3) is 0.250. The van der Waals surface area contributed by atoms with Gasteiger partial charge in [0.15, 0.2) is 17.2 Å². The number of phenols is 4. The van der Waals surface area contributed by atoms with E-state index in [1.165, 1.54) is 24.3 Å². The fourth-order valence-electron chi connectivity index (χ4n) is 2.08. The second kappa shape index (κ2) is 7.62. The Morgan fingerprint density at radius 2 is 1.46 bits per heavy atom. The van der Waals surface area contributed by atoms with E-state index in [2.05, 4.69) is 0 Å². The molecule has 2 aromatic carbocycles. The van der Waals surface area contributed by atoms with E-state index in [1.54, 1.807) is 0 Å². The van der Waals surface area contributed by atoms with Gasteiger partial charge >= 0.3 is 0 Å². The molecule has 0 radical (unpaired) electrons. The summed E-state index contributed by atoms with van der Waals surface area (Å²) < 4.78 is 0. The van der Waals surface area contributed by atoms with Gasteiger partial charge in [-0.25, -0.2) is 0 Å². The van der Waals surface area contributed by atoms with Gasteiger partial charge in [0.05, 0.1) is 0 Å². The number of phenolic OH excluding ortho intramolecular Hbond substituents is 4. The van der Waals surface area contributed by atoms with Crippen molar-refractivity contribution in [1.29, 1.82) is 0 Å². The van der Waals surface area contributed by atoms with Gasteiger partial charge in [0, 0.05) is 18.8 Å². The van der Waals surface area contributed by atoms with Crippen molar-refractivity contribution in [2.24, 2.45) is 0 Å². The Morgan fingerprint density at radius 3 is 2.12 bits per heavy atom. The van der Waals surface area contributed by atoms with Crippen LogP contribution in [0.4, 0.5) is 0 Å². The molecule has 0 aliphatic heterocycles. The van der Waals surface area contributed by atoms with Crippen LogP contribution in [0.3, 0.4) is 0 Å². The van der Waals surface area contributed by atoms with E-state index in [1.807, 2.05) is 0 Å². The highest BCUT2D eigenvalue weighted by Gasteiger charge is 2.18. The Bertz CT molecular complexity index is 714. The second-order valence-corrected chi connectivity index (χ2v) is 5.00. The van der Waals surface area contributed by atoms with Crippen molar-refractivity contribution in [2.75, 3.05) is 13.2 Å². The summed E-state index contributed by atoms with van der Waals surface area (Å²) in [5.41, 5.74) is 0.809. The monoisotopic (exact) mass is 338 g/mol. The molecule has 0 aliphatic carbocycles. The molecule has 2 aromatic rings. The predicted molar refractivity (Wildman–Crippen MR) is 82.4 cm³/mol. The zero-order chi connectivity index (χ0) is 17.7. The minimum Gasteiger partial charge on any atom is -0.504 e. The summed E-state index contributed by atoms with van der Waals surface area (Å²) >= 11 is 0. The average molecular weight is 338 g/mol. The third-order valence-electron chi connectivity index (χ3n) is 3.31. The molecule has 2 rings (SSSR count). The van der Waals surface area contributed by atoms with Crippen LogP contribution in [-0.2, 0) is 12.8 Å². The highest BCUT2D eigenvalue weighted by Crippen LogP contribution is 2.41. The Balaban J connectivity index is 2.26. The van der Waals surface area contributed by atoms with Gasteiger partial charge in [0.25, 0.3) is 5.75 Å². The average Bonchev–Trinajstić information content (AvgIpc) is 2.54. The third-order valence-corrected chi connectivity index (χ3v) is 3.31. The van der Waals surface area contributed by atoms with Crippen molar-refractivity contribution >= 4 is 0 Å². The molecule has 0 aliphatic rings.